The molecular formula is C20H29N3O4. The average molecular weight is 375 g/mol. The molecule has 7 heteroatoms. The maximum absolute atomic E-state index is 12.4. The smallest absolute Gasteiger partial charge is 0.410 e. The molecule has 1 aromatic carbocycles. The van der Waals surface area contributed by atoms with Gasteiger partial charge in [-0.15, -0.1) is 0 Å². The SMILES string of the molecule is CNC(=O)c1cccc(CNC(=O)C2CCN(C(=O)OC(C)(C)C)CC2)c1. The minimum atomic E-state index is -0.519. The van der Waals surface area contributed by atoms with Crippen LogP contribution in [0.25, 0.3) is 0 Å². The van der Waals surface area contributed by atoms with E-state index in [9.17, 15) is 14.4 Å². The quantitative estimate of drug-likeness (QED) is 0.845. The highest BCUT2D eigenvalue weighted by Crippen LogP contribution is 2.20. The van der Waals surface area contributed by atoms with E-state index in [1.807, 2.05) is 26.8 Å². The van der Waals surface area contributed by atoms with Gasteiger partial charge in [0.15, 0.2) is 0 Å². The molecule has 0 aromatic heterocycles. The maximum atomic E-state index is 12.4. The van der Waals surface area contributed by atoms with E-state index in [2.05, 4.69) is 10.6 Å². The molecule has 1 fully saturated rings. The van der Waals surface area contributed by atoms with Crippen molar-refractivity contribution in [2.75, 3.05) is 20.1 Å². The Hall–Kier alpha value is -2.57. The molecule has 0 saturated carbocycles. The van der Waals surface area contributed by atoms with Gasteiger partial charge in [0.05, 0.1) is 0 Å². The standard InChI is InChI=1S/C20H29N3O4/c1-20(2,3)27-19(26)23-10-8-15(9-11-23)18(25)22-13-14-6-5-7-16(12-14)17(24)21-4/h5-7,12,15H,8-11,13H2,1-4H3,(H,21,24)(H,22,25). The molecule has 1 aliphatic heterocycles. The first-order chi connectivity index (χ1) is 12.7. The third-order valence-electron chi connectivity index (χ3n) is 4.40. The van der Waals surface area contributed by atoms with Gasteiger partial charge in [0.25, 0.3) is 5.91 Å². The molecule has 1 heterocycles. The topological polar surface area (TPSA) is 87.7 Å². The molecule has 1 saturated heterocycles. The van der Waals surface area contributed by atoms with E-state index in [0.717, 1.165) is 5.56 Å². The number of nitrogens with one attached hydrogen (secondary N) is 2. The number of ether oxygens (including phenoxy) is 1. The van der Waals surface area contributed by atoms with Crippen molar-refractivity contribution in [1.29, 1.82) is 0 Å². The lowest BCUT2D eigenvalue weighted by molar-refractivity contribution is -0.126. The van der Waals surface area contributed by atoms with Crippen LogP contribution in [-0.4, -0.2) is 48.5 Å². The zero-order valence-corrected chi connectivity index (χ0v) is 16.5. The van der Waals surface area contributed by atoms with Crippen molar-refractivity contribution in [3.63, 3.8) is 0 Å². The molecule has 3 amide bonds. The summed E-state index contributed by atoms with van der Waals surface area (Å²) < 4.78 is 5.37. The van der Waals surface area contributed by atoms with E-state index in [0.29, 0.717) is 38.0 Å². The number of benzene rings is 1. The molecule has 0 bridgehead atoms. The molecular weight excluding hydrogens is 346 g/mol. The van der Waals surface area contributed by atoms with Crippen molar-refractivity contribution in [3.8, 4) is 0 Å². The Balaban J connectivity index is 1.81. The fraction of sp³-hybridized carbons (Fsp3) is 0.550. The van der Waals surface area contributed by atoms with Gasteiger partial charge >= 0.3 is 6.09 Å². The second-order valence-corrected chi connectivity index (χ2v) is 7.74. The Morgan fingerprint density at radius 1 is 1.19 bits per heavy atom. The fourth-order valence-electron chi connectivity index (χ4n) is 2.95. The van der Waals surface area contributed by atoms with E-state index in [4.69, 9.17) is 4.74 Å². The van der Waals surface area contributed by atoms with Gasteiger partial charge in [-0.2, -0.15) is 0 Å². The molecule has 7 nitrogen and oxygen atoms in total. The minimum Gasteiger partial charge on any atom is -0.444 e. The van der Waals surface area contributed by atoms with Crippen molar-refractivity contribution < 1.29 is 19.1 Å². The first-order valence-electron chi connectivity index (χ1n) is 9.26. The second kappa shape index (κ2) is 8.88. The first-order valence-corrected chi connectivity index (χ1v) is 9.26. The number of carbonyl (C=O) groups excluding carboxylic acids is 3. The molecule has 27 heavy (non-hydrogen) atoms. The third-order valence-corrected chi connectivity index (χ3v) is 4.40. The van der Waals surface area contributed by atoms with Gasteiger partial charge in [0, 0.05) is 38.2 Å². The molecule has 2 rings (SSSR count). The molecule has 1 aliphatic rings. The summed E-state index contributed by atoms with van der Waals surface area (Å²) in [5.41, 5.74) is 0.916. The van der Waals surface area contributed by atoms with Crippen LogP contribution in [0.15, 0.2) is 24.3 Å². The summed E-state index contributed by atoms with van der Waals surface area (Å²) >= 11 is 0. The summed E-state index contributed by atoms with van der Waals surface area (Å²) in [6.07, 6.45) is 0.902. The monoisotopic (exact) mass is 375 g/mol. The van der Waals surface area contributed by atoms with Crippen LogP contribution in [0, 0.1) is 5.92 Å². The zero-order chi connectivity index (χ0) is 20.0. The number of likely N-dealkylation sites (tertiary alicyclic amines) is 1. The lowest BCUT2D eigenvalue weighted by atomic mass is 9.96. The van der Waals surface area contributed by atoms with Gasteiger partial charge in [-0.05, 0) is 51.3 Å². The Morgan fingerprint density at radius 2 is 1.85 bits per heavy atom. The van der Waals surface area contributed by atoms with Crippen molar-refractivity contribution in [3.05, 3.63) is 35.4 Å². The van der Waals surface area contributed by atoms with Crippen molar-refractivity contribution in [1.82, 2.24) is 15.5 Å². The first kappa shape index (κ1) is 20.7. The van der Waals surface area contributed by atoms with Crippen LogP contribution in [0.5, 0.6) is 0 Å². The summed E-state index contributed by atoms with van der Waals surface area (Å²) in [5, 5.41) is 5.51. The summed E-state index contributed by atoms with van der Waals surface area (Å²) in [7, 11) is 1.58. The molecule has 0 aliphatic carbocycles. The number of nitrogens with zero attached hydrogens (tertiary/aromatic N) is 1. The molecule has 148 valence electrons. The normalized spacial score (nSPS) is 15.2. The highest BCUT2D eigenvalue weighted by Gasteiger charge is 2.29. The summed E-state index contributed by atoms with van der Waals surface area (Å²) in [6.45, 7) is 6.91. The van der Waals surface area contributed by atoms with Gasteiger partial charge in [-0.1, -0.05) is 12.1 Å². The average Bonchev–Trinajstić information content (AvgIpc) is 2.64. The zero-order valence-electron chi connectivity index (χ0n) is 16.5. The van der Waals surface area contributed by atoms with E-state index < -0.39 is 5.60 Å². The van der Waals surface area contributed by atoms with Gasteiger partial charge in [-0.25, -0.2) is 4.79 Å². The van der Waals surface area contributed by atoms with E-state index in [-0.39, 0.29) is 23.8 Å². The lowest BCUT2D eigenvalue weighted by Gasteiger charge is -2.32. The summed E-state index contributed by atoms with van der Waals surface area (Å²) in [6, 6.07) is 7.17. The van der Waals surface area contributed by atoms with Crippen molar-refractivity contribution >= 4 is 17.9 Å². The third kappa shape index (κ3) is 6.27. The summed E-state index contributed by atoms with van der Waals surface area (Å²) in [5.74, 6) is -0.298. The second-order valence-electron chi connectivity index (χ2n) is 7.74. The van der Waals surface area contributed by atoms with Crippen LogP contribution in [0.1, 0.15) is 49.5 Å². The van der Waals surface area contributed by atoms with Crippen molar-refractivity contribution in [2.24, 2.45) is 5.92 Å². The van der Waals surface area contributed by atoms with Gasteiger partial charge < -0.3 is 20.3 Å². The van der Waals surface area contributed by atoms with E-state index in [1.165, 1.54) is 0 Å². The molecule has 1 aromatic rings. The lowest BCUT2D eigenvalue weighted by Crippen LogP contribution is -2.44. The predicted molar refractivity (Wildman–Crippen MR) is 102 cm³/mol. The Kier molecular flexibility index (Phi) is 6.82. The fourth-order valence-corrected chi connectivity index (χ4v) is 2.95. The van der Waals surface area contributed by atoms with E-state index >= 15 is 0 Å². The number of piperidine rings is 1. The minimum absolute atomic E-state index is 0.0239. The number of rotatable bonds is 4. The number of hydrogen-bond donors (Lipinski definition) is 2. The molecule has 0 atom stereocenters. The predicted octanol–water partition coefficient (Wildman–Crippen LogP) is 2.31. The van der Waals surface area contributed by atoms with Gasteiger partial charge in [0.2, 0.25) is 5.91 Å². The van der Waals surface area contributed by atoms with Crippen LogP contribution in [0.3, 0.4) is 0 Å². The Labute approximate surface area is 160 Å². The maximum Gasteiger partial charge on any atom is 0.410 e. The van der Waals surface area contributed by atoms with Crippen LogP contribution >= 0.6 is 0 Å². The van der Waals surface area contributed by atoms with Gasteiger partial charge in [-0.3, -0.25) is 9.59 Å². The number of amides is 3. The van der Waals surface area contributed by atoms with Crippen LogP contribution < -0.4 is 10.6 Å². The Bertz CT molecular complexity index is 689. The van der Waals surface area contributed by atoms with Crippen LogP contribution in [-0.2, 0) is 16.1 Å². The molecule has 0 radical (unpaired) electrons. The van der Waals surface area contributed by atoms with Crippen LogP contribution in [0.4, 0.5) is 4.79 Å². The number of hydrogen-bond acceptors (Lipinski definition) is 4. The summed E-state index contributed by atoms with van der Waals surface area (Å²) in [4.78, 5) is 37.8. The van der Waals surface area contributed by atoms with Crippen LogP contribution in [0.2, 0.25) is 0 Å². The molecule has 0 unspecified atom stereocenters. The largest absolute Gasteiger partial charge is 0.444 e. The van der Waals surface area contributed by atoms with E-state index in [1.54, 1.807) is 30.1 Å². The molecule has 2 N–H and O–H groups in total. The Morgan fingerprint density at radius 3 is 2.44 bits per heavy atom. The van der Waals surface area contributed by atoms with Crippen molar-refractivity contribution in [2.45, 2.75) is 45.8 Å². The van der Waals surface area contributed by atoms with Gasteiger partial charge in [0.1, 0.15) is 5.60 Å². The molecule has 0 spiro atoms. The highest BCUT2D eigenvalue weighted by molar-refractivity contribution is 5.94. The number of carbonyl (C=O) groups is 3. The highest BCUT2D eigenvalue weighted by atomic mass is 16.6.